The third-order valence-corrected chi connectivity index (χ3v) is 10.5. The quantitative estimate of drug-likeness (QED) is 0.0906. The van der Waals surface area contributed by atoms with E-state index in [1.165, 1.54) is 0 Å². The molecular formula is C42H61NO9. The van der Waals surface area contributed by atoms with Gasteiger partial charge < -0.3 is 34.1 Å². The molecule has 1 saturated carbocycles. The molecule has 10 nitrogen and oxygen atoms in total. The zero-order valence-electron chi connectivity index (χ0n) is 31.9. The summed E-state index contributed by atoms with van der Waals surface area (Å²) in [6.45, 7) is 9.36. The van der Waals surface area contributed by atoms with Gasteiger partial charge in [0.25, 0.3) is 0 Å². The summed E-state index contributed by atoms with van der Waals surface area (Å²) < 4.78 is 30.7. The van der Waals surface area contributed by atoms with Crippen molar-refractivity contribution in [2.24, 2.45) is 5.92 Å². The van der Waals surface area contributed by atoms with E-state index < -0.39 is 53.6 Å². The number of unbranched alkanes of at least 4 members (excludes halogenated alkanes) is 4. The summed E-state index contributed by atoms with van der Waals surface area (Å²) in [6.07, 6.45) is 16.4. The van der Waals surface area contributed by atoms with E-state index in [2.05, 4.69) is 31.3 Å². The van der Waals surface area contributed by atoms with Crippen LogP contribution in [0.25, 0.3) is 6.08 Å². The number of hydrogen-bond acceptors (Lipinski definition) is 9. The number of benzene rings is 1. The first kappa shape index (κ1) is 40.1. The van der Waals surface area contributed by atoms with Gasteiger partial charge in [-0.25, -0.2) is 4.79 Å². The van der Waals surface area contributed by atoms with Crippen molar-refractivity contribution in [1.82, 2.24) is 5.32 Å². The van der Waals surface area contributed by atoms with Crippen molar-refractivity contribution in [3.8, 4) is 0 Å². The van der Waals surface area contributed by atoms with Gasteiger partial charge in [0.05, 0.1) is 30.4 Å². The molecule has 10 heteroatoms. The Hall–Kier alpha value is -3.05. The molecule has 3 fully saturated rings. The maximum Gasteiger partial charge on any atom is 0.338 e. The molecule has 288 valence electrons. The maximum atomic E-state index is 13.7. The van der Waals surface area contributed by atoms with Crippen LogP contribution in [0, 0.1) is 5.92 Å². The molecule has 2 aliphatic heterocycles. The number of allylic oxidation sites excluding steroid dienone is 1. The van der Waals surface area contributed by atoms with Gasteiger partial charge in [-0.2, -0.15) is 0 Å². The molecule has 3 unspecified atom stereocenters. The topological polar surface area (TPSA) is 133 Å². The lowest BCUT2D eigenvalue weighted by atomic mass is 9.89. The summed E-state index contributed by atoms with van der Waals surface area (Å²) in [4.78, 5) is 39.7. The first-order valence-electron chi connectivity index (χ1n) is 19.8. The third-order valence-electron chi connectivity index (χ3n) is 10.5. The summed E-state index contributed by atoms with van der Waals surface area (Å²) in [5.41, 5.74) is 1.19. The molecule has 52 heavy (non-hydrogen) atoms. The van der Waals surface area contributed by atoms with E-state index in [0.717, 1.165) is 76.2 Å². The average molecular weight is 724 g/mol. The minimum absolute atomic E-state index is 0.0484. The molecule has 0 aromatic heterocycles. The third kappa shape index (κ3) is 11.5. The lowest BCUT2D eigenvalue weighted by molar-refractivity contribution is -0.190. The number of epoxide rings is 1. The van der Waals surface area contributed by atoms with Crippen LogP contribution in [-0.2, 0) is 33.3 Å². The Morgan fingerprint density at radius 1 is 1.00 bits per heavy atom. The Bertz CT molecular complexity index is 1400. The van der Waals surface area contributed by atoms with Crippen LogP contribution in [0.4, 0.5) is 0 Å². The summed E-state index contributed by atoms with van der Waals surface area (Å²) in [5.74, 6) is -1.61. The van der Waals surface area contributed by atoms with Gasteiger partial charge in [-0.3, -0.25) is 9.59 Å². The highest BCUT2D eigenvalue weighted by atomic mass is 16.8. The number of esters is 2. The number of carbonyl (C=O) groups excluding carboxylic acids is 3. The zero-order valence-corrected chi connectivity index (χ0v) is 31.9. The molecule has 0 bridgehead atoms. The number of nitrogens with one attached hydrogen (secondary N) is 1. The molecule has 2 heterocycles. The van der Waals surface area contributed by atoms with Crippen molar-refractivity contribution in [3.63, 3.8) is 0 Å². The molecule has 2 N–H and O–H groups in total. The van der Waals surface area contributed by atoms with Crippen LogP contribution >= 0.6 is 0 Å². The van der Waals surface area contributed by atoms with Gasteiger partial charge in [-0.05, 0) is 89.0 Å². The largest absolute Gasteiger partial charge is 0.460 e. The Morgan fingerprint density at radius 2 is 1.71 bits per heavy atom. The molecule has 4 aliphatic rings. The van der Waals surface area contributed by atoms with Gasteiger partial charge in [0.2, 0.25) is 5.91 Å². The zero-order chi connectivity index (χ0) is 37.3. The molecule has 0 spiro atoms. The molecular weight excluding hydrogens is 662 g/mol. The number of aliphatic hydroxyl groups excluding tert-OH is 1. The second kappa shape index (κ2) is 18.3. The molecule has 7 atom stereocenters. The first-order valence-corrected chi connectivity index (χ1v) is 19.8. The van der Waals surface area contributed by atoms with E-state index in [4.69, 9.17) is 23.7 Å². The fourth-order valence-corrected chi connectivity index (χ4v) is 7.56. The summed E-state index contributed by atoms with van der Waals surface area (Å²) in [6, 6.07) is 6.72. The number of hydrogen-bond donors (Lipinski definition) is 2. The highest BCUT2D eigenvalue weighted by Crippen LogP contribution is 2.43. The predicted octanol–water partition coefficient (Wildman–Crippen LogP) is 7.36. The number of fused-ring (bicyclic) bond motifs is 2. The van der Waals surface area contributed by atoms with Crippen molar-refractivity contribution in [2.45, 2.75) is 172 Å². The molecule has 2 aliphatic carbocycles. The van der Waals surface area contributed by atoms with Crippen LogP contribution in [-0.4, -0.2) is 77.5 Å². The number of rotatable bonds is 18. The molecule has 1 aromatic carbocycles. The first-order chi connectivity index (χ1) is 24.9. The summed E-state index contributed by atoms with van der Waals surface area (Å²) in [7, 11) is 0. The second-order valence-corrected chi connectivity index (χ2v) is 16.1. The van der Waals surface area contributed by atoms with Crippen LogP contribution in [0.5, 0.6) is 0 Å². The minimum atomic E-state index is -0.827. The van der Waals surface area contributed by atoms with Gasteiger partial charge in [-0.15, -0.1) is 0 Å². The van der Waals surface area contributed by atoms with Crippen LogP contribution in [0.3, 0.4) is 0 Å². The molecule has 1 aromatic rings. The Kier molecular flexibility index (Phi) is 14.1. The van der Waals surface area contributed by atoms with Crippen molar-refractivity contribution >= 4 is 23.9 Å². The van der Waals surface area contributed by atoms with E-state index in [-0.39, 0.29) is 25.9 Å². The summed E-state index contributed by atoms with van der Waals surface area (Å²) in [5, 5.41) is 12.9. The van der Waals surface area contributed by atoms with Gasteiger partial charge in [-0.1, -0.05) is 63.8 Å². The van der Waals surface area contributed by atoms with Gasteiger partial charge in [0, 0.05) is 31.3 Å². The number of carbonyl (C=O) groups is 3. The Labute approximate surface area is 310 Å². The van der Waals surface area contributed by atoms with Crippen LogP contribution < -0.4 is 5.32 Å². The summed E-state index contributed by atoms with van der Waals surface area (Å²) >= 11 is 0. The standard InChI is InChI=1S/C42H61NO9/c1-6-8-10-22-42(23-11-9-7-2)50-36-26-31(39(46)43-32(27-44)19-21-37(45)51-41(3,4)5)25-35(38(36)52-42)49-40(47)30-17-14-28(15-18-30)12-13-29-16-20-33-34(24-29)48-33/h12-15,17-18,26,29,32-36,38,44H,6-11,16,19-25,27H2,1-5H3,(H,43,46)/t29?,32-,33?,34?,35+,36+,38-/m0/s1. The molecule has 2 saturated heterocycles. The highest BCUT2D eigenvalue weighted by Gasteiger charge is 2.52. The maximum absolute atomic E-state index is 13.7. The highest BCUT2D eigenvalue weighted by molar-refractivity contribution is 5.94. The monoisotopic (exact) mass is 723 g/mol. The van der Waals surface area contributed by atoms with Gasteiger partial charge in [0.15, 0.2) is 5.79 Å². The molecule has 5 rings (SSSR count). The van der Waals surface area contributed by atoms with Crippen molar-refractivity contribution in [3.05, 3.63) is 53.1 Å². The lowest BCUT2D eigenvalue weighted by Gasteiger charge is -2.31. The number of aliphatic hydroxyl groups is 1. The van der Waals surface area contributed by atoms with Crippen molar-refractivity contribution in [1.29, 1.82) is 0 Å². The molecule has 1 amide bonds. The van der Waals surface area contributed by atoms with Gasteiger partial charge in [0.1, 0.15) is 23.9 Å². The Balaban J connectivity index is 1.28. The minimum Gasteiger partial charge on any atom is -0.460 e. The van der Waals surface area contributed by atoms with Crippen molar-refractivity contribution < 1.29 is 43.2 Å². The normalized spacial score (nSPS) is 26.9. The fraction of sp³-hybridized carbons (Fsp3) is 0.690. The van der Waals surface area contributed by atoms with E-state index in [1.54, 1.807) is 39.0 Å². The van der Waals surface area contributed by atoms with Crippen LogP contribution in [0.15, 0.2) is 42.0 Å². The Morgan fingerprint density at radius 3 is 2.35 bits per heavy atom. The second-order valence-electron chi connectivity index (χ2n) is 16.1. The fourth-order valence-electron chi connectivity index (χ4n) is 7.56. The SMILES string of the molecule is CCCCCC1(CCCCC)O[C@@H]2[C@@H](C=C(C(=O)N[C@H](CO)CCC(=O)OC(C)(C)C)C[C@H]2OC(=O)c2ccc(C=CC3CCC4OC4C3)cc2)O1. The van der Waals surface area contributed by atoms with E-state index >= 15 is 0 Å². The number of amides is 1. The van der Waals surface area contributed by atoms with Crippen LogP contribution in [0.1, 0.15) is 140 Å². The van der Waals surface area contributed by atoms with E-state index in [1.807, 2.05) is 12.1 Å². The lowest BCUT2D eigenvalue weighted by Crippen LogP contribution is -2.45. The van der Waals surface area contributed by atoms with Crippen LogP contribution in [0.2, 0.25) is 0 Å². The predicted molar refractivity (Wildman–Crippen MR) is 198 cm³/mol. The van der Waals surface area contributed by atoms with Crippen molar-refractivity contribution in [2.75, 3.05) is 6.61 Å². The smallest absolute Gasteiger partial charge is 0.338 e. The molecule has 0 radical (unpaired) electrons. The van der Waals surface area contributed by atoms with Gasteiger partial charge >= 0.3 is 11.9 Å². The number of ether oxygens (including phenoxy) is 5. The average Bonchev–Trinajstić information content (AvgIpc) is 3.79. The van der Waals surface area contributed by atoms with E-state index in [9.17, 15) is 19.5 Å². The van der Waals surface area contributed by atoms with E-state index in [0.29, 0.717) is 29.3 Å².